The third-order valence-corrected chi connectivity index (χ3v) is 2.35. The molecule has 0 bridgehead atoms. The van der Waals surface area contributed by atoms with Crippen LogP contribution in [0.4, 0.5) is 0 Å². The lowest BCUT2D eigenvalue weighted by atomic mass is 10.0. The van der Waals surface area contributed by atoms with Crippen molar-refractivity contribution in [3.05, 3.63) is 46.6 Å². The third kappa shape index (κ3) is 0.431. The van der Waals surface area contributed by atoms with Crippen molar-refractivity contribution >= 4 is 0 Å². The molecule has 0 N–H and O–H groups in total. The number of fused-ring (bicyclic) bond motifs is 2. The Morgan fingerprint density at radius 1 is 1.30 bits per heavy atom. The maximum Gasteiger partial charge on any atom is -0.00135 e. The van der Waals surface area contributed by atoms with Gasteiger partial charge in [-0.25, -0.2) is 0 Å². The first-order chi connectivity index (χ1) is 4.95. The highest BCUT2D eigenvalue weighted by molar-refractivity contribution is 5.73. The molecule has 1 fully saturated rings. The Morgan fingerprint density at radius 3 is 3.20 bits per heavy atom. The van der Waals surface area contributed by atoms with Crippen LogP contribution in [0.25, 0.3) is 0 Å². The molecule has 0 radical (unpaired) electrons. The zero-order valence-corrected chi connectivity index (χ0v) is 5.72. The monoisotopic (exact) mass is 128 g/mol. The first-order valence-corrected chi connectivity index (χ1v) is 3.76. The smallest absolute Gasteiger partial charge is 0.00135 e. The highest BCUT2D eigenvalue weighted by atomic mass is 14.3. The van der Waals surface area contributed by atoms with Gasteiger partial charge in [0, 0.05) is 0 Å². The van der Waals surface area contributed by atoms with E-state index in [0.717, 1.165) is 6.42 Å². The Balaban J connectivity index is 2.26. The molecular weight excluding hydrogens is 120 g/mol. The van der Waals surface area contributed by atoms with Gasteiger partial charge in [0.05, 0.1) is 0 Å². The maximum absolute atomic E-state index is 2.33. The van der Waals surface area contributed by atoms with E-state index in [0.29, 0.717) is 0 Å². The topological polar surface area (TPSA) is 0 Å². The summed E-state index contributed by atoms with van der Waals surface area (Å²) in [5.74, 6) is 0. The van der Waals surface area contributed by atoms with Crippen molar-refractivity contribution in [3.8, 4) is 0 Å². The van der Waals surface area contributed by atoms with Gasteiger partial charge in [0.25, 0.3) is 0 Å². The quantitative estimate of drug-likeness (QED) is 0.470. The highest BCUT2D eigenvalue weighted by Crippen LogP contribution is 2.49. The Bertz CT molecular complexity index is 322. The molecule has 0 aromatic heterocycles. The molecule has 0 heteroatoms. The van der Waals surface area contributed by atoms with Gasteiger partial charge >= 0.3 is 0 Å². The minimum Gasteiger partial charge on any atom is -0.0801 e. The van der Waals surface area contributed by atoms with Crippen molar-refractivity contribution in [3.63, 3.8) is 0 Å². The molecular formula is C10H8. The molecule has 3 aliphatic rings. The largest absolute Gasteiger partial charge is 0.0801 e. The van der Waals surface area contributed by atoms with E-state index in [1.165, 1.54) is 17.6 Å². The average Bonchev–Trinajstić information content (AvgIpc) is 2.64. The van der Waals surface area contributed by atoms with Crippen molar-refractivity contribution in [2.24, 2.45) is 0 Å². The van der Waals surface area contributed by atoms with Crippen LogP contribution in [0.5, 0.6) is 0 Å². The van der Waals surface area contributed by atoms with Crippen molar-refractivity contribution in [1.29, 1.82) is 0 Å². The molecule has 0 atom stereocenters. The van der Waals surface area contributed by atoms with Crippen molar-refractivity contribution in [2.45, 2.75) is 12.8 Å². The molecule has 3 rings (SSSR count). The van der Waals surface area contributed by atoms with Gasteiger partial charge in [-0.05, 0) is 35.1 Å². The van der Waals surface area contributed by atoms with Crippen LogP contribution in [0.2, 0.25) is 0 Å². The van der Waals surface area contributed by atoms with E-state index >= 15 is 0 Å². The lowest BCUT2D eigenvalue weighted by molar-refractivity contribution is 1.29. The summed E-state index contributed by atoms with van der Waals surface area (Å²) in [4.78, 5) is 0. The van der Waals surface area contributed by atoms with Gasteiger partial charge in [-0.1, -0.05) is 24.3 Å². The lowest BCUT2D eigenvalue weighted by Crippen LogP contribution is -1.84. The lowest BCUT2D eigenvalue weighted by Gasteiger charge is -2.03. The standard InChI is InChI=1S/C10H8/c1-2-4-9-7(3-1)5-8-6-10(8)9/h2-5H,1,6H2. The molecule has 0 aromatic rings. The fourth-order valence-electron chi connectivity index (χ4n) is 1.74. The summed E-state index contributed by atoms with van der Waals surface area (Å²) < 4.78 is 0. The second-order valence-corrected chi connectivity index (χ2v) is 3.04. The van der Waals surface area contributed by atoms with Crippen LogP contribution >= 0.6 is 0 Å². The summed E-state index contributed by atoms with van der Waals surface area (Å²) in [6, 6.07) is 0. The molecule has 1 saturated carbocycles. The summed E-state index contributed by atoms with van der Waals surface area (Å²) >= 11 is 0. The van der Waals surface area contributed by atoms with E-state index in [2.05, 4.69) is 24.3 Å². The third-order valence-electron chi connectivity index (χ3n) is 2.35. The van der Waals surface area contributed by atoms with Gasteiger partial charge in [-0.3, -0.25) is 0 Å². The van der Waals surface area contributed by atoms with E-state index in [9.17, 15) is 0 Å². The molecule has 0 saturated heterocycles. The molecule has 0 amide bonds. The molecule has 0 unspecified atom stereocenters. The first-order valence-electron chi connectivity index (χ1n) is 3.76. The van der Waals surface area contributed by atoms with Gasteiger partial charge in [0.2, 0.25) is 0 Å². The van der Waals surface area contributed by atoms with Crippen molar-refractivity contribution in [2.75, 3.05) is 0 Å². The Labute approximate surface area is 60.2 Å². The van der Waals surface area contributed by atoms with Gasteiger partial charge in [-0.15, -0.1) is 0 Å². The number of hydrogen-bond acceptors (Lipinski definition) is 0. The van der Waals surface area contributed by atoms with Gasteiger partial charge in [-0.2, -0.15) is 0 Å². The zero-order chi connectivity index (χ0) is 6.55. The fourth-order valence-corrected chi connectivity index (χ4v) is 1.74. The molecule has 0 spiro atoms. The second kappa shape index (κ2) is 1.34. The maximum atomic E-state index is 2.33. The van der Waals surface area contributed by atoms with Crippen LogP contribution in [0.1, 0.15) is 12.8 Å². The zero-order valence-electron chi connectivity index (χ0n) is 5.72. The van der Waals surface area contributed by atoms with Crippen LogP contribution in [-0.2, 0) is 0 Å². The Kier molecular flexibility index (Phi) is 0.634. The highest BCUT2D eigenvalue weighted by Gasteiger charge is 2.31. The normalized spacial score (nSPS) is 25.6. The molecule has 0 aromatic carbocycles. The second-order valence-electron chi connectivity index (χ2n) is 3.04. The van der Waals surface area contributed by atoms with Gasteiger partial charge in [0.1, 0.15) is 0 Å². The van der Waals surface area contributed by atoms with E-state index in [-0.39, 0.29) is 0 Å². The fraction of sp³-hybridized carbons (Fsp3) is 0.200. The molecule has 48 valence electrons. The van der Waals surface area contributed by atoms with Crippen molar-refractivity contribution < 1.29 is 0 Å². The van der Waals surface area contributed by atoms with Crippen LogP contribution in [-0.4, -0.2) is 0 Å². The summed E-state index contributed by atoms with van der Waals surface area (Å²) in [6.07, 6.45) is 11.5. The number of allylic oxidation sites excluding steroid dienone is 8. The minimum atomic E-state index is 1.12. The Hall–Kier alpha value is -1.04. The van der Waals surface area contributed by atoms with Crippen LogP contribution in [0.15, 0.2) is 46.6 Å². The summed E-state index contributed by atoms with van der Waals surface area (Å²) in [5.41, 5.74) is 6.15. The number of hydrogen-bond donors (Lipinski definition) is 0. The van der Waals surface area contributed by atoms with E-state index < -0.39 is 0 Å². The summed E-state index contributed by atoms with van der Waals surface area (Å²) in [5, 5.41) is 0. The Morgan fingerprint density at radius 2 is 2.30 bits per heavy atom. The van der Waals surface area contributed by atoms with Crippen molar-refractivity contribution in [1.82, 2.24) is 0 Å². The minimum absolute atomic E-state index is 1.12. The molecule has 10 heavy (non-hydrogen) atoms. The molecule has 0 aliphatic heterocycles. The molecule has 3 aliphatic carbocycles. The average molecular weight is 128 g/mol. The van der Waals surface area contributed by atoms with Crippen LogP contribution in [0.3, 0.4) is 0 Å². The summed E-state index contributed by atoms with van der Waals surface area (Å²) in [6.45, 7) is 0. The predicted octanol–water partition coefficient (Wildman–Crippen LogP) is 2.51. The van der Waals surface area contributed by atoms with E-state index in [4.69, 9.17) is 0 Å². The SMILES string of the molecule is C1=CC2=C3CC3=CC2=CC1. The molecule has 0 heterocycles. The first kappa shape index (κ1) is 4.73. The molecule has 0 nitrogen and oxygen atoms in total. The van der Waals surface area contributed by atoms with E-state index in [1.807, 2.05) is 0 Å². The predicted molar refractivity (Wildman–Crippen MR) is 41.6 cm³/mol. The van der Waals surface area contributed by atoms with Gasteiger partial charge < -0.3 is 0 Å². The van der Waals surface area contributed by atoms with Crippen LogP contribution < -0.4 is 0 Å². The van der Waals surface area contributed by atoms with Gasteiger partial charge in [0.15, 0.2) is 0 Å². The summed E-state index contributed by atoms with van der Waals surface area (Å²) in [7, 11) is 0. The van der Waals surface area contributed by atoms with E-state index in [1.54, 1.807) is 11.1 Å². The number of rotatable bonds is 0. The van der Waals surface area contributed by atoms with Crippen LogP contribution in [0, 0.1) is 0 Å².